The second kappa shape index (κ2) is 11.6. The molecule has 0 unspecified atom stereocenters. The van der Waals surface area contributed by atoms with Gasteiger partial charge in [-0.25, -0.2) is 19.2 Å². The zero-order valence-electron chi connectivity index (χ0n) is 25.7. The maximum absolute atomic E-state index is 16.9. The fraction of sp³-hybridized carbons (Fsp3) is 0.452. The van der Waals surface area contributed by atoms with Gasteiger partial charge in [-0.1, -0.05) is 11.6 Å². The number of pyridine rings is 1. The highest BCUT2D eigenvalue weighted by molar-refractivity contribution is 7.24. The molecule has 0 saturated carbocycles. The van der Waals surface area contributed by atoms with Gasteiger partial charge in [-0.2, -0.15) is 5.26 Å². The third-order valence-corrected chi connectivity index (χ3v) is 9.74. The van der Waals surface area contributed by atoms with Crippen molar-refractivity contribution in [3.05, 3.63) is 39.9 Å². The summed E-state index contributed by atoms with van der Waals surface area (Å²) in [7, 11) is 1.97. The first kappa shape index (κ1) is 31.3. The van der Waals surface area contributed by atoms with Crippen LogP contribution < -0.4 is 10.2 Å². The van der Waals surface area contributed by atoms with Crippen molar-refractivity contribution in [1.29, 1.82) is 5.26 Å². The van der Waals surface area contributed by atoms with Crippen LogP contribution in [0.2, 0.25) is 5.02 Å². The molecule has 1 saturated heterocycles. The summed E-state index contributed by atoms with van der Waals surface area (Å²) < 4.78 is 28.5. The van der Waals surface area contributed by atoms with E-state index < -0.39 is 23.6 Å². The fourth-order valence-electron chi connectivity index (χ4n) is 5.87. The Balaban J connectivity index is 1.50. The van der Waals surface area contributed by atoms with E-state index in [9.17, 15) is 15.2 Å². The number of benzene rings is 1. The fourth-order valence-corrected chi connectivity index (χ4v) is 7.17. The van der Waals surface area contributed by atoms with E-state index in [0.29, 0.717) is 40.1 Å². The molecule has 1 amide bonds. The molecule has 14 heteroatoms. The topological polar surface area (TPSA) is 137 Å². The third-order valence-electron chi connectivity index (χ3n) is 8.20. The lowest BCUT2D eigenvalue weighted by molar-refractivity contribution is 0.0636. The van der Waals surface area contributed by atoms with Crippen LogP contribution in [0.5, 0.6) is 0 Å². The predicted octanol–water partition coefficient (Wildman–Crippen LogP) is 5.84. The number of carbonyl (C=O) groups is 1. The molecule has 2 N–H and O–H groups in total. The second-order valence-corrected chi connectivity index (χ2v) is 14.0. The largest absolute Gasteiger partial charge is 0.444 e. The normalized spacial score (nSPS) is 18.3. The van der Waals surface area contributed by atoms with E-state index in [2.05, 4.69) is 45.1 Å². The lowest BCUT2D eigenvalue weighted by Gasteiger charge is -2.29. The molecule has 4 aromatic rings. The molecule has 0 spiro atoms. The average molecular weight is 654 g/mol. The molecule has 1 aromatic carbocycles. The van der Waals surface area contributed by atoms with Gasteiger partial charge in [-0.15, -0.1) is 11.3 Å². The van der Waals surface area contributed by atoms with E-state index >= 15 is 4.39 Å². The Morgan fingerprint density at radius 2 is 2.02 bits per heavy atom. The Hall–Kier alpha value is -3.67. The van der Waals surface area contributed by atoms with Gasteiger partial charge < -0.3 is 19.5 Å². The SMILES string of the molecule is CC(C)N(C)[C@H]1CN(c2ncc3c4c(c(-c5ncc(Cl)c6sc(NC(=O)OC(C)(C)C)c(C#N)c56)c(F)c3n2)COC4)C[C@@H]1O. The monoisotopic (exact) mass is 653 g/mol. The van der Waals surface area contributed by atoms with Crippen molar-refractivity contribution in [3.63, 3.8) is 0 Å². The molecule has 236 valence electrons. The van der Waals surface area contributed by atoms with Gasteiger partial charge in [0, 0.05) is 47.9 Å². The lowest BCUT2D eigenvalue weighted by Crippen LogP contribution is -2.44. The van der Waals surface area contributed by atoms with Gasteiger partial charge >= 0.3 is 6.09 Å². The highest BCUT2D eigenvalue weighted by Gasteiger charge is 2.37. The minimum atomic E-state index is -0.758. The average Bonchev–Trinajstić information content (AvgIpc) is 3.70. The maximum Gasteiger partial charge on any atom is 0.412 e. The zero-order chi connectivity index (χ0) is 32.4. The summed E-state index contributed by atoms with van der Waals surface area (Å²) in [5.74, 6) is -0.336. The number of nitrogens with one attached hydrogen (secondary N) is 1. The number of aliphatic hydroxyl groups excluding tert-OH is 1. The number of rotatable bonds is 5. The van der Waals surface area contributed by atoms with Crippen LogP contribution in [-0.2, 0) is 22.7 Å². The number of halogens is 2. The van der Waals surface area contributed by atoms with Crippen LogP contribution in [0.15, 0.2) is 12.4 Å². The number of nitrogens with zero attached hydrogens (tertiary/aromatic N) is 6. The number of likely N-dealkylation sites (N-methyl/N-ethyl adjacent to an activating group) is 1. The molecule has 3 aromatic heterocycles. The van der Waals surface area contributed by atoms with Crippen LogP contribution in [0.25, 0.3) is 32.2 Å². The molecule has 2 aliphatic rings. The van der Waals surface area contributed by atoms with Crippen molar-refractivity contribution < 1.29 is 23.8 Å². The number of hydrogen-bond donors (Lipinski definition) is 2. The van der Waals surface area contributed by atoms with Crippen molar-refractivity contribution in [2.45, 2.75) is 71.6 Å². The van der Waals surface area contributed by atoms with Crippen molar-refractivity contribution in [1.82, 2.24) is 19.9 Å². The molecule has 45 heavy (non-hydrogen) atoms. The lowest BCUT2D eigenvalue weighted by atomic mass is 9.94. The summed E-state index contributed by atoms with van der Waals surface area (Å²) in [5, 5.41) is 25.0. The highest BCUT2D eigenvalue weighted by atomic mass is 35.5. The Labute approximate surface area is 268 Å². The number of nitriles is 1. The molecule has 2 aliphatic heterocycles. The number of amides is 1. The number of thiophene rings is 1. The second-order valence-electron chi connectivity index (χ2n) is 12.6. The Bertz CT molecular complexity index is 1890. The van der Waals surface area contributed by atoms with Crippen LogP contribution in [-0.4, -0.2) is 75.0 Å². The summed E-state index contributed by atoms with van der Waals surface area (Å²) in [6.45, 7) is 10.5. The smallest absolute Gasteiger partial charge is 0.412 e. The summed E-state index contributed by atoms with van der Waals surface area (Å²) in [5.41, 5.74) is 1.07. The number of β-amino-alcohol motifs (C(OH)–C–C–N with tert-alkyl or cyclic N) is 1. The molecule has 11 nitrogen and oxygen atoms in total. The predicted molar refractivity (Wildman–Crippen MR) is 171 cm³/mol. The van der Waals surface area contributed by atoms with Crippen LogP contribution in [0, 0.1) is 17.1 Å². The van der Waals surface area contributed by atoms with E-state index in [1.165, 1.54) is 6.20 Å². The van der Waals surface area contributed by atoms with Gasteiger partial charge in [-0.3, -0.25) is 15.2 Å². The standard InChI is InChI=1S/C31H33ClFN7O4S/c1-14(2)39(6)20-10-40(11-21(20)41)29-36-8-16-17-12-43-13-18(17)22(24(33)25(16)37-29)26-23-15(7-34)28(38-30(42)44-31(3,4)5)45-27(23)19(32)9-35-26/h8-9,14,20-21,41H,10-13H2,1-6H3,(H,38,42)/t20-,21-/m0/s1. The minimum absolute atomic E-state index is 0.0835. The van der Waals surface area contributed by atoms with Gasteiger partial charge in [0.2, 0.25) is 5.95 Å². The van der Waals surface area contributed by atoms with Crippen LogP contribution >= 0.6 is 22.9 Å². The summed E-state index contributed by atoms with van der Waals surface area (Å²) >= 11 is 7.62. The Kier molecular flexibility index (Phi) is 8.07. The van der Waals surface area contributed by atoms with E-state index in [0.717, 1.165) is 16.9 Å². The highest BCUT2D eigenvalue weighted by Crippen LogP contribution is 2.47. The van der Waals surface area contributed by atoms with Crippen LogP contribution in [0.3, 0.4) is 0 Å². The number of aliphatic hydroxyl groups is 1. The molecule has 5 heterocycles. The number of hydrogen-bond acceptors (Lipinski definition) is 11. The van der Waals surface area contributed by atoms with Crippen LogP contribution in [0.1, 0.15) is 51.3 Å². The quantitative estimate of drug-likeness (QED) is 0.270. The minimum Gasteiger partial charge on any atom is -0.444 e. The van der Waals surface area contributed by atoms with Gasteiger partial charge in [0.25, 0.3) is 0 Å². The van der Waals surface area contributed by atoms with Gasteiger partial charge in [0.05, 0.1) is 46.3 Å². The van der Waals surface area contributed by atoms with E-state index in [1.807, 2.05) is 11.9 Å². The summed E-state index contributed by atoms with van der Waals surface area (Å²) in [6, 6.07) is 2.24. The molecule has 0 aliphatic carbocycles. The molecule has 0 bridgehead atoms. The third kappa shape index (κ3) is 5.55. The Morgan fingerprint density at radius 1 is 1.29 bits per heavy atom. The molecule has 2 atom stereocenters. The number of fused-ring (bicyclic) bond motifs is 4. The zero-order valence-corrected chi connectivity index (χ0v) is 27.3. The summed E-state index contributed by atoms with van der Waals surface area (Å²) in [6.07, 6.45) is 1.65. The van der Waals surface area contributed by atoms with Gasteiger partial charge in [-0.05, 0) is 52.8 Å². The van der Waals surface area contributed by atoms with Gasteiger partial charge in [0.1, 0.15) is 22.2 Å². The molecule has 6 rings (SSSR count). The number of carbonyl (C=O) groups excluding carboxylic acids is 1. The first-order valence-corrected chi connectivity index (χ1v) is 15.7. The van der Waals surface area contributed by atoms with Crippen molar-refractivity contribution >= 4 is 61.0 Å². The number of ether oxygens (including phenoxy) is 2. The van der Waals surface area contributed by atoms with E-state index in [1.54, 1.807) is 27.0 Å². The maximum atomic E-state index is 16.9. The molecule has 0 radical (unpaired) electrons. The first-order valence-electron chi connectivity index (χ1n) is 14.5. The van der Waals surface area contributed by atoms with Crippen LogP contribution in [0.4, 0.5) is 20.1 Å². The van der Waals surface area contributed by atoms with Crippen molar-refractivity contribution in [3.8, 4) is 17.3 Å². The number of anilines is 2. The van der Waals surface area contributed by atoms with E-state index in [4.69, 9.17) is 21.1 Å². The van der Waals surface area contributed by atoms with E-state index in [-0.39, 0.29) is 57.7 Å². The molecular formula is C31H33ClFN7O4S. The molecule has 1 fully saturated rings. The van der Waals surface area contributed by atoms with Gasteiger partial charge in [0.15, 0.2) is 5.82 Å². The summed E-state index contributed by atoms with van der Waals surface area (Å²) in [4.78, 5) is 30.4. The first-order chi connectivity index (χ1) is 21.3. The Morgan fingerprint density at radius 3 is 2.71 bits per heavy atom. The molecular weight excluding hydrogens is 621 g/mol. The van der Waals surface area contributed by atoms with Crippen molar-refractivity contribution in [2.75, 3.05) is 30.4 Å². The number of aromatic nitrogens is 3. The van der Waals surface area contributed by atoms with Crippen molar-refractivity contribution in [2.24, 2.45) is 0 Å².